The number of hydrogen-bond acceptors (Lipinski definition) is 3. The molecule has 2 nitrogen and oxygen atoms in total. The Bertz CT molecular complexity index is 370. The summed E-state index contributed by atoms with van der Waals surface area (Å²) in [6.07, 6.45) is 8.52. The fourth-order valence-electron chi connectivity index (χ4n) is 3.55. The Balaban J connectivity index is 2.02. The summed E-state index contributed by atoms with van der Waals surface area (Å²) in [5.41, 5.74) is 0.904. The van der Waals surface area contributed by atoms with Crippen LogP contribution in [0.4, 0.5) is 0 Å². The van der Waals surface area contributed by atoms with Gasteiger partial charge in [-0.2, -0.15) is 0 Å². The summed E-state index contributed by atoms with van der Waals surface area (Å²) < 4.78 is 0. The minimum absolute atomic E-state index is 0.439. The second kappa shape index (κ2) is 5.92. The molecule has 1 saturated carbocycles. The molecule has 1 fully saturated rings. The van der Waals surface area contributed by atoms with Crippen LogP contribution in [0.25, 0.3) is 0 Å². The lowest BCUT2D eigenvalue weighted by atomic mass is 9.63. The molecule has 1 aromatic heterocycles. The van der Waals surface area contributed by atoms with Gasteiger partial charge < -0.3 is 5.32 Å². The van der Waals surface area contributed by atoms with Crippen molar-refractivity contribution in [3.63, 3.8) is 0 Å². The average molecular weight is 280 g/mol. The van der Waals surface area contributed by atoms with Crippen LogP contribution < -0.4 is 5.32 Å². The van der Waals surface area contributed by atoms with Gasteiger partial charge in [-0.3, -0.25) is 0 Å². The minimum atomic E-state index is 0.439. The summed E-state index contributed by atoms with van der Waals surface area (Å²) in [5, 5.41) is 6.83. The molecule has 1 aliphatic carbocycles. The fourth-order valence-corrected chi connectivity index (χ4v) is 4.34. The van der Waals surface area contributed by atoms with E-state index in [9.17, 15) is 0 Å². The molecule has 108 valence electrons. The predicted octanol–water partition coefficient (Wildman–Crippen LogP) is 4.13. The van der Waals surface area contributed by atoms with Crippen molar-refractivity contribution >= 4 is 11.3 Å². The lowest BCUT2D eigenvalue weighted by Gasteiger charge is -2.44. The van der Waals surface area contributed by atoms with E-state index < -0.39 is 0 Å². The highest BCUT2D eigenvalue weighted by Gasteiger charge is 2.38. The summed E-state index contributed by atoms with van der Waals surface area (Å²) in [4.78, 5) is 4.50. The normalized spacial score (nSPS) is 28.5. The van der Waals surface area contributed by atoms with Crippen molar-refractivity contribution < 1.29 is 0 Å². The molecule has 0 bridgehead atoms. The number of hydrogen-bond donors (Lipinski definition) is 1. The van der Waals surface area contributed by atoms with Crippen molar-refractivity contribution in [3.05, 3.63) is 16.6 Å². The quantitative estimate of drug-likeness (QED) is 0.897. The van der Waals surface area contributed by atoms with Crippen LogP contribution >= 0.6 is 11.3 Å². The molecule has 2 rings (SSSR count). The molecule has 0 amide bonds. The van der Waals surface area contributed by atoms with Crippen LogP contribution in [-0.4, -0.2) is 18.6 Å². The lowest BCUT2D eigenvalue weighted by Crippen LogP contribution is -2.40. The standard InChI is InChI=1S/C16H28N2S/c1-15(2,3)13-5-7-16(8-6-13,12-17-4)11-14-18-9-10-19-14/h9-10,13,17H,5-8,11-12H2,1-4H3. The van der Waals surface area contributed by atoms with Gasteiger partial charge in [0, 0.05) is 24.5 Å². The molecule has 0 aliphatic heterocycles. The van der Waals surface area contributed by atoms with E-state index in [1.165, 1.54) is 30.7 Å². The van der Waals surface area contributed by atoms with Crippen LogP contribution in [0.3, 0.4) is 0 Å². The van der Waals surface area contributed by atoms with Gasteiger partial charge in [0.25, 0.3) is 0 Å². The maximum atomic E-state index is 4.50. The molecule has 0 unspecified atom stereocenters. The first-order chi connectivity index (χ1) is 8.95. The van der Waals surface area contributed by atoms with Gasteiger partial charge in [-0.25, -0.2) is 4.98 Å². The Morgan fingerprint density at radius 2 is 2.05 bits per heavy atom. The second-order valence-electron chi connectivity index (χ2n) is 7.27. The molecule has 0 aromatic carbocycles. The van der Waals surface area contributed by atoms with Crippen molar-refractivity contribution in [2.75, 3.05) is 13.6 Å². The van der Waals surface area contributed by atoms with E-state index in [4.69, 9.17) is 0 Å². The van der Waals surface area contributed by atoms with Crippen molar-refractivity contribution in [1.82, 2.24) is 10.3 Å². The highest BCUT2D eigenvalue weighted by Crippen LogP contribution is 2.46. The van der Waals surface area contributed by atoms with Gasteiger partial charge >= 0.3 is 0 Å². The third-order valence-electron chi connectivity index (χ3n) is 4.83. The molecule has 19 heavy (non-hydrogen) atoms. The Labute approximate surface area is 122 Å². The van der Waals surface area contributed by atoms with Crippen LogP contribution in [0.15, 0.2) is 11.6 Å². The molecular weight excluding hydrogens is 252 g/mol. The maximum Gasteiger partial charge on any atom is 0.0930 e. The molecule has 1 aromatic rings. The summed E-state index contributed by atoms with van der Waals surface area (Å²) >= 11 is 1.81. The molecular formula is C16H28N2S. The van der Waals surface area contributed by atoms with Crippen molar-refractivity contribution in [1.29, 1.82) is 0 Å². The van der Waals surface area contributed by atoms with Crippen LogP contribution in [0.1, 0.15) is 51.5 Å². The van der Waals surface area contributed by atoms with Crippen LogP contribution in [-0.2, 0) is 6.42 Å². The fraction of sp³-hybridized carbons (Fsp3) is 0.812. The first-order valence-electron chi connectivity index (χ1n) is 7.48. The SMILES string of the molecule is CNCC1(Cc2nccs2)CCC(C(C)(C)C)CC1. The van der Waals surface area contributed by atoms with E-state index in [0.29, 0.717) is 10.8 Å². The molecule has 1 heterocycles. The molecule has 3 heteroatoms. The maximum absolute atomic E-state index is 4.50. The van der Waals surface area contributed by atoms with Gasteiger partial charge in [0.2, 0.25) is 0 Å². The second-order valence-corrected chi connectivity index (χ2v) is 8.25. The van der Waals surface area contributed by atoms with Crippen LogP contribution in [0.2, 0.25) is 0 Å². The zero-order valence-electron chi connectivity index (χ0n) is 12.8. The zero-order valence-corrected chi connectivity index (χ0v) is 13.6. The minimum Gasteiger partial charge on any atom is -0.319 e. The Morgan fingerprint density at radius 1 is 1.37 bits per heavy atom. The van der Waals surface area contributed by atoms with Gasteiger partial charge in [0.05, 0.1) is 5.01 Å². The molecule has 1 N–H and O–H groups in total. The van der Waals surface area contributed by atoms with E-state index in [0.717, 1.165) is 18.9 Å². The topological polar surface area (TPSA) is 24.9 Å². The van der Waals surface area contributed by atoms with Crippen LogP contribution in [0.5, 0.6) is 0 Å². The number of aromatic nitrogens is 1. The molecule has 0 spiro atoms. The summed E-state index contributed by atoms with van der Waals surface area (Å²) in [7, 11) is 2.08. The number of rotatable bonds is 4. The monoisotopic (exact) mass is 280 g/mol. The van der Waals surface area contributed by atoms with Gasteiger partial charge in [-0.1, -0.05) is 20.8 Å². The molecule has 0 saturated heterocycles. The number of thiazole rings is 1. The Morgan fingerprint density at radius 3 is 2.53 bits per heavy atom. The largest absolute Gasteiger partial charge is 0.319 e. The summed E-state index contributed by atoms with van der Waals surface area (Å²) in [5.74, 6) is 0.883. The van der Waals surface area contributed by atoms with E-state index in [1.807, 2.05) is 17.5 Å². The van der Waals surface area contributed by atoms with E-state index >= 15 is 0 Å². The van der Waals surface area contributed by atoms with Crippen molar-refractivity contribution in [3.8, 4) is 0 Å². The highest BCUT2D eigenvalue weighted by molar-refractivity contribution is 7.09. The lowest BCUT2D eigenvalue weighted by molar-refractivity contribution is 0.0876. The number of nitrogens with one attached hydrogen (secondary N) is 1. The van der Waals surface area contributed by atoms with E-state index in [2.05, 4.69) is 43.5 Å². The van der Waals surface area contributed by atoms with Crippen molar-refractivity contribution in [2.45, 2.75) is 52.9 Å². The van der Waals surface area contributed by atoms with Gasteiger partial charge in [0.15, 0.2) is 0 Å². The van der Waals surface area contributed by atoms with Gasteiger partial charge in [-0.05, 0) is 49.5 Å². The third-order valence-corrected chi connectivity index (χ3v) is 5.61. The van der Waals surface area contributed by atoms with E-state index in [1.54, 1.807) is 0 Å². The van der Waals surface area contributed by atoms with Gasteiger partial charge in [-0.15, -0.1) is 11.3 Å². The Kier molecular flexibility index (Phi) is 4.67. The highest BCUT2D eigenvalue weighted by atomic mass is 32.1. The number of nitrogens with zero attached hydrogens (tertiary/aromatic N) is 1. The molecule has 0 radical (unpaired) electrons. The van der Waals surface area contributed by atoms with Crippen molar-refractivity contribution in [2.24, 2.45) is 16.7 Å². The smallest absolute Gasteiger partial charge is 0.0930 e. The third kappa shape index (κ3) is 3.79. The first-order valence-corrected chi connectivity index (χ1v) is 8.36. The molecule has 1 aliphatic rings. The Hall–Kier alpha value is -0.410. The zero-order chi connectivity index (χ0) is 13.9. The first kappa shape index (κ1) is 15.0. The molecule has 0 atom stereocenters. The van der Waals surface area contributed by atoms with E-state index in [-0.39, 0.29) is 0 Å². The van der Waals surface area contributed by atoms with Crippen LogP contribution in [0, 0.1) is 16.7 Å². The summed E-state index contributed by atoms with van der Waals surface area (Å²) in [6, 6.07) is 0. The summed E-state index contributed by atoms with van der Waals surface area (Å²) in [6.45, 7) is 8.31. The average Bonchev–Trinajstić information content (AvgIpc) is 2.81. The predicted molar refractivity (Wildman–Crippen MR) is 83.6 cm³/mol. The van der Waals surface area contributed by atoms with Gasteiger partial charge in [0.1, 0.15) is 0 Å².